The van der Waals surface area contributed by atoms with Crippen molar-refractivity contribution in [1.29, 1.82) is 0 Å². The van der Waals surface area contributed by atoms with E-state index in [0.717, 1.165) is 16.9 Å². The molecule has 0 spiro atoms. The number of rotatable bonds is 5. The zero-order valence-electron chi connectivity index (χ0n) is 13.2. The summed E-state index contributed by atoms with van der Waals surface area (Å²) < 4.78 is 12.9. The maximum absolute atomic E-state index is 12.9. The Bertz CT molecular complexity index is 867. The maximum Gasteiger partial charge on any atom is 0.270 e. The van der Waals surface area contributed by atoms with E-state index in [2.05, 4.69) is 15.6 Å². The number of carbonyl (C=O) groups is 1. The van der Waals surface area contributed by atoms with Gasteiger partial charge in [-0.1, -0.05) is 23.7 Å². The van der Waals surface area contributed by atoms with Crippen molar-refractivity contribution in [3.05, 3.63) is 89.0 Å². The van der Waals surface area contributed by atoms with E-state index in [9.17, 15) is 9.18 Å². The van der Waals surface area contributed by atoms with E-state index in [4.69, 9.17) is 11.6 Å². The lowest BCUT2D eigenvalue weighted by Crippen LogP contribution is -2.23. The molecule has 0 unspecified atom stereocenters. The van der Waals surface area contributed by atoms with Crippen molar-refractivity contribution in [3.63, 3.8) is 0 Å². The molecule has 3 rings (SSSR count). The van der Waals surface area contributed by atoms with Gasteiger partial charge in [0.25, 0.3) is 5.91 Å². The van der Waals surface area contributed by atoms with E-state index in [1.807, 2.05) is 12.1 Å². The number of anilines is 2. The van der Waals surface area contributed by atoms with Crippen LogP contribution in [-0.2, 0) is 6.54 Å². The highest BCUT2D eigenvalue weighted by molar-refractivity contribution is 6.30. The molecule has 0 bridgehead atoms. The van der Waals surface area contributed by atoms with Gasteiger partial charge in [-0.2, -0.15) is 0 Å². The number of hydrogen-bond donors (Lipinski definition) is 2. The van der Waals surface area contributed by atoms with Crippen LogP contribution in [0.1, 0.15) is 16.1 Å². The molecule has 0 aliphatic rings. The van der Waals surface area contributed by atoms with Crippen LogP contribution >= 0.6 is 11.6 Å². The summed E-state index contributed by atoms with van der Waals surface area (Å²) in [4.78, 5) is 16.3. The molecule has 3 aromatic rings. The first kappa shape index (κ1) is 16.9. The van der Waals surface area contributed by atoms with E-state index < -0.39 is 0 Å². The molecule has 1 aromatic heterocycles. The first-order chi connectivity index (χ1) is 12.1. The van der Waals surface area contributed by atoms with E-state index in [1.54, 1.807) is 42.6 Å². The molecule has 2 N–H and O–H groups in total. The van der Waals surface area contributed by atoms with Gasteiger partial charge in [0, 0.05) is 29.1 Å². The fourth-order valence-corrected chi connectivity index (χ4v) is 2.33. The van der Waals surface area contributed by atoms with Crippen LogP contribution in [0, 0.1) is 5.82 Å². The number of nitrogens with one attached hydrogen (secondary N) is 2. The predicted octanol–water partition coefficient (Wildman–Crippen LogP) is 4.55. The molecule has 2 aromatic carbocycles. The zero-order valence-corrected chi connectivity index (χ0v) is 13.9. The van der Waals surface area contributed by atoms with Gasteiger partial charge in [-0.3, -0.25) is 9.78 Å². The minimum atomic E-state index is -0.308. The summed E-state index contributed by atoms with van der Waals surface area (Å²) in [7, 11) is 0. The lowest BCUT2D eigenvalue weighted by molar-refractivity contribution is 0.0946. The summed E-state index contributed by atoms with van der Waals surface area (Å²) >= 11 is 5.86. The second-order valence-corrected chi connectivity index (χ2v) is 5.81. The number of aromatic nitrogens is 1. The number of nitrogens with zero attached hydrogens (tertiary/aromatic N) is 1. The highest BCUT2D eigenvalue weighted by Crippen LogP contribution is 2.19. The monoisotopic (exact) mass is 355 g/mol. The molecule has 0 saturated carbocycles. The second kappa shape index (κ2) is 7.77. The minimum Gasteiger partial charge on any atom is -0.355 e. The number of halogens is 2. The summed E-state index contributed by atoms with van der Waals surface area (Å²) in [6.07, 6.45) is 1.56. The van der Waals surface area contributed by atoms with Gasteiger partial charge in [0.1, 0.15) is 11.5 Å². The lowest BCUT2D eigenvalue weighted by Gasteiger charge is -2.09. The van der Waals surface area contributed by atoms with Crippen molar-refractivity contribution in [2.45, 2.75) is 6.54 Å². The number of pyridine rings is 1. The first-order valence-electron chi connectivity index (χ1n) is 7.61. The molecule has 0 aliphatic carbocycles. The summed E-state index contributed by atoms with van der Waals surface area (Å²) in [5.41, 5.74) is 2.70. The molecule has 1 amide bonds. The predicted molar refractivity (Wildman–Crippen MR) is 96.5 cm³/mol. The molecule has 126 valence electrons. The Morgan fingerprint density at radius 3 is 2.44 bits per heavy atom. The number of amides is 1. The van der Waals surface area contributed by atoms with Crippen molar-refractivity contribution < 1.29 is 9.18 Å². The van der Waals surface area contributed by atoms with Crippen molar-refractivity contribution >= 4 is 28.9 Å². The topological polar surface area (TPSA) is 54.0 Å². The highest BCUT2D eigenvalue weighted by atomic mass is 35.5. The average molecular weight is 356 g/mol. The summed E-state index contributed by atoms with van der Waals surface area (Å²) in [5.74, 6) is -0.609. The molecule has 25 heavy (non-hydrogen) atoms. The van der Waals surface area contributed by atoms with Gasteiger partial charge in [-0.05, 0) is 54.1 Å². The number of carbonyl (C=O) groups excluding carboxylic acids is 1. The van der Waals surface area contributed by atoms with Crippen LogP contribution in [0.5, 0.6) is 0 Å². The number of benzene rings is 2. The Morgan fingerprint density at radius 2 is 1.72 bits per heavy atom. The molecular formula is C19H15ClFN3O. The quantitative estimate of drug-likeness (QED) is 0.706. The van der Waals surface area contributed by atoms with Crippen molar-refractivity contribution in [3.8, 4) is 0 Å². The van der Waals surface area contributed by atoms with Gasteiger partial charge >= 0.3 is 0 Å². The maximum atomic E-state index is 12.9. The van der Waals surface area contributed by atoms with Crippen LogP contribution in [0.2, 0.25) is 5.02 Å². The normalized spacial score (nSPS) is 10.3. The van der Waals surface area contributed by atoms with Gasteiger partial charge in [0.15, 0.2) is 0 Å². The van der Waals surface area contributed by atoms with Gasteiger partial charge in [0.2, 0.25) is 0 Å². The van der Waals surface area contributed by atoms with Gasteiger partial charge in [-0.25, -0.2) is 4.39 Å². The Hall–Kier alpha value is -2.92. The van der Waals surface area contributed by atoms with Crippen LogP contribution in [0.15, 0.2) is 66.9 Å². The van der Waals surface area contributed by atoms with Crippen molar-refractivity contribution in [2.75, 3.05) is 5.32 Å². The van der Waals surface area contributed by atoms with E-state index in [-0.39, 0.29) is 11.7 Å². The van der Waals surface area contributed by atoms with Gasteiger partial charge in [-0.15, -0.1) is 0 Å². The SMILES string of the molecule is O=C(NCc1ccc(F)cc1)c1cc(Nc2ccc(Cl)cc2)ccn1. The van der Waals surface area contributed by atoms with Gasteiger partial charge < -0.3 is 10.6 Å². The highest BCUT2D eigenvalue weighted by Gasteiger charge is 2.08. The number of hydrogen-bond acceptors (Lipinski definition) is 3. The molecule has 0 saturated heterocycles. The Kier molecular flexibility index (Phi) is 5.26. The third-order valence-electron chi connectivity index (χ3n) is 3.49. The minimum absolute atomic E-state index is 0.293. The Balaban J connectivity index is 1.64. The third-order valence-corrected chi connectivity index (χ3v) is 3.74. The second-order valence-electron chi connectivity index (χ2n) is 5.37. The van der Waals surface area contributed by atoms with E-state index >= 15 is 0 Å². The average Bonchev–Trinajstić information content (AvgIpc) is 2.63. The van der Waals surface area contributed by atoms with Crippen LogP contribution in [-0.4, -0.2) is 10.9 Å². The molecule has 1 heterocycles. The molecule has 0 radical (unpaired) electrons. The molecule has 0 fully saturated rings. The van der Waals surface area contributed by atoms with Crippen LogP contribution in [0.25, 0.3) is 0 Å². The third kappa shape index (κ3) is 4.78. The van der Waals surface area contributed by atoms with Crippen molar-refractivity contribution in [1.82, 2.24) is 10.3 Å². The summed E-state index contributed by atoms with van der Waals surface area (Å²) in [5, 5.41) is 6.60. The van der Waals surface area contributed by atoms with Crippen molar-refractivity contribution in [2.24, 2.45) is 0 Å². The van der Waals surface area contributed by atoms with E-state index in [0.29, 0.717) is 17.3 Å². The van der Waals surface area contributed by atoms with Crippen LogP contribution in [0.3, 0.4) is 0 Å². The molecular weight excluding hydrogens is 341 g/mol. The zero-order chi connectivity index (χ0) is 17.6. The summed E-state index contributed by atoms with van der Waals surface area (Å²) in [6.45, 7) is 0.301. The standard InChI is InChI=1S/C19H15ClFN3O/c20-14-3-7-16(8-4-14)24-17-9-10-22-18(11-17)19(25)23-12-13-1-5-15(21)6-2-13/h1-11H,12H2,(H,22,24)(H,23,25). The van der Waals surface area contributed by atoms with Gasteiger partial charge in [0.05, 0.1) is 0 Å². The van der Waals surface area contributed by atoms with E-state index in [1.165, 1.54) is 12.1 Å². The molecule has 6 heteroatoms. The molecule has 0 atom stereocenters. The lowest BCUT2D eigenvalue weighted by atomic mass is 10.2. The first-order valence-corrected chi connectivity index (χ1v) is 7.99. The fourth-order valence-electron chi connectivity index (χ4n) is 2.21. The summed E-state index contributed by atoms with van der Waals surface area (Å²) in [6, 6.07) is 16.6. The Labute approximate surface area is 149 Å². The largest absolute Gasteiger partial charge is 0.355 e. The molecule has 0 aliphatic heterocycles. The van der Waals surface area contributed by atoms with Crippen LogP contribution in [0.4, 0.5) is 15.8 Å². The molecule has 4 nitrogen and oxygen atoms in total. The smallest absolute Gasteiger partial charge is 0.270 e. The Morgan fingerprint density at radius 1 is 1.00 bits per heavy atom. The van der Waals surface area contributed by atoms with Crippen LogP contribution < -0.4 is 10.6 Å². The fraction of sp³-hybridized carbons (Fsp3) is 0.0526.